The third-order valence-corrected chi connectivity index (χ3v) is 5.15. The van der Waals surface area contributed by atoms with Crippen LogP contribution in [0.4, 0.5) is 11.1 Å². The summed E-state index contributed by atoms with van der Waals surface area (Å²) in [4.78, 5) is 32.4. The Kier molecular flexibility index (Phi) is 4.53. The number of hydrogen-bond acceptors (Lipinski definition) is 9. The normalized spacial score (nSPS) is 13.7. The highest BCUT2D eigenvalue weighted by atomic mass is 32.2. The zero-order valence-electron chi connectivity index (χ0n) is 12.3. The number of nitrogen functional groups attached to an aromatic ring is 1. The largest absolute Gasteiger partial charge is 0.374 e. The van der Waals surface area contributed by atoms with E-state index in [1.807, 2.05) is 0 Å². The SMILES string of the molecule is Cc1nc(NC(=O)CSc2nnc(N)s2)nc2c1C(=O)CCC2. The van der Waals surface area contributed by atoms with Crippen LogP contribution in [-0.2, 0) is 11.2 Å². The van der Waals surface area contributed by atoms with Crippen LogP contribution in [0.1, 0.15) is 34.6 Å². The van der Waals surface area contributed by atoms with Gasteiger partial charge in [-0.05, 0) is 19.8 Å². The van der Waals surface area contributed by atoms with Crippen molar-refractivity contribution < 1.29 is 9.59 Å². The summed E-state index contributed by atoms with van der Waals surface area (Å²) in [7, 11) is 0. The minimum atomic E-state index is -0.245. The number of nitrogens with two attached hydrogens (primary N) is 1. The average Bonchev–Trinajstić information content (AvgIpc) is 2.90. The van der Waals surface area contributed by atoms with Gasteiger partial charge in [0.1, 0.15) is 0 Å². The Morgan fingerprint density at radius 1 is 1.35 bits per heavy atom. The number of nitrogens with zero attached hydrogens (tertiary/aromatic N) is 4. The first-order chi connectivity index (χ1) is 11.0. The number of carbonyl (C=O) groups is 2. The first-order valence-electron chi connectivity index (χ1n) is 6.95. The number of ketones is 1. The van der Waals surface area contributed by atoms with Crippen molar-refractivity contribution in [1.29, 1.82) is 0 Å². The molecule has 0 fully saturated rings. The molecule has 1 amide bonds. The molecule has 0 aromatic carbocycles. The molecule has 0 spiro atoms. The van der Waals surface area contributed by atoms with E-state index in [0.29, 0.717) is 32.8 Å². The Morgan fingerprint density at radius 2 is 2.17 bits per heavy atom. The van der Waals surface area contributed by atoms with E-state index in [-0.39, 0.29) is 23.4 Å². The van der Waals surface area contributed by atoms with E-state index in [4.69, 9.17) is 5.73 Å². The van der Waals surface area contributed by atoms with Gasteiger partial charge in [0, 0.05) is 6.42 Å². The highest BCUT2D eigenvalue weighted by Crippen LogP contribution is 2.24. The van der Waals surface area contributed by atoms with Gasteiger partial charge in [-0.3, -0.25) is 14.9 Å². The van der Waals surface area contributed by atoms with E-state index in [0.717, 1.165) is 12.8 Å². The van der Waals surface area contributed by atoms with Gasteiger partial charge in [-0.15, -0.1) is 10.2 Å². The smallest absolute Gasteiger partial charge is 0.237 e. The van der Waals surface area contributed by atoms with Crippen molar-refractivity contribution in [2.45, 2.75) is 30.5 Å². The van der Waals surface area contributed by atoms with E-state index in [2.05, 4.69) is 25.5 Å². The lowest BCUT2D eigenvalue weighted by Gasteiger charge is -2.16. The van der Waals surface area contributed by atoms with Crippen LogP contribution in [0.15, 0.2) is 4.34 Å². The van der Waals surface area contributed by atoms with Crippen LogP contribution in [-0.4, -0.2) is 37.6 Å². The lowest BCUT2D eigenvalue weighted by Crippen LogP contribution is -2.21. The van der Waals surface area contributed by atoms with Gasteiger partial charge in [0.2, 0.25) is 17.0 Å². The van der Waals surface area contributed by atoms with Crippen molar-refractivity contribution in [3.63, 3.8) is 0 Å². The fourth-order valence-corrected chi connectivity index (χ4v) is 3.78. The summed E-state index contributed by atoms with van der Waals surface area (Å²) in [6.07, 6.45) is 2.04. The molecule has 2 heterocycles. The molecule has 0 unspecified atom stereocenters. The maximum atomic E-state index is 12.0. The molecule has 2 aromatic rings. The second-order valence-corrected chi connectivity index (χ2v) is 7.21. The van der Waals surface area contributed by atoms with Crippen LogP contribution < -0.4 is 11.1 Å². The van der Waals surface area contributed by atoms with Gasteiger partial charge in [-0.1, -0.05) is 23.1 Å². The summed E-state index contributed by atoms with van der Waals surface area (Å²) in [5, 5.41) is 10.5. The van der Waals surface area contributed by atoms with Gasteiger partial charge >= 0.3 is 0 Å². The number of fused-ring (bicyclic) bond motifs is 1. The molecule has 8 nitrogen and oxygen atoms in total. The fourth-order valence-electron chi connectivity index (χ4n) is 2.34. The minimum Gasteiger partial charge on any atom is -0.374 e. The van der Waals surface area contributed by atoms with Gasteiger partial charge in [-0.2, -0.15) is 0 Å². The van der Waals surface area contributed by atoms with E-state index in [1.165, 1.54) is 23.1 Å². The zero-order valence-corrected chi connectivity index (χ0v) is 14.0. The molecule has 10 heteroatoms. The van der Waals surface area contributed by atoms with Crippen molar-refractivity contribution >= 4 is 45.9 Å². The van der Waals surface area contributed by atoms with Gasteiger partial charge in [0.15, 0.2) is 10.1 Å². The van der Waals surface area contributed by atoms with E-state index < -0.39 is 0 Å². The molecule has 23 heavy (non-hydrogen) atoms. The minimum absolute atomic E-state index is 0.0750. The standard InChI is InChI=1S/C13H14N6O2S2/c1-6-10-7(3-2-4-8(10)20)16-12(15-6)17-9(21)5-22-13-19-18-11(14)23-13/h2-5H2,1H3,(H2,14,18)(H,15,16,17,21). The van der Waals surface area contributed by atoms with Crippen LogP contribution in [0.3, 0.4) is 0 Å². The monoisotopic (exact) mass is 350 g/mol. The molecule has 120 valence electrons. The van der Waals surface area contributed by atoms with Crippen molar-refractivity contribution in [3.8, 4) is 0 Å². The van der Waals surface area contributed by atoms with Crippen molar-refractivity contribution in [1.82, 2.24) is 20.2 Å². The van der Waals surface area contributed by atoms with Crippen LogP contribution in [0.25, 0.3) is 0 Å². The summed E-state index contributed by atoms with van der Waals surface area (Å²) >= 11 is 2.47. The predicted molar refractivity (Wildman–Crippen MR) is 87.7 cm³/mol. The highest BCUT2D eigenvalue weighted by molar-refractivity contribution is 8.01. The van der Waals surface area contributed by atoms with E-state index >= 15 is 0 Å². The Balaban J connectivity index is 1.67. The quantitative estimate of drug-likeness (QED) is 0.794. The number of anilines is 2. The molecule has 0 bridgehead atoms. The third-order valence-electron chi connectivity index (χ3n) is 3.26. The van der Waals surface area contributed by atoms with Gasteiger partial charge in [0.25, 0.3) is 0 Å². The first kappa shape index (κ1) is 15.8. The Bertz CT molecular complexity index is 776. The van der Waals surface area contributed by atoms with Gasteiger partial charge < -0.3 is 5.73 Å². The maximum absolute atomic E-state index is 12.0. The van der Waals surface area contributed by atoms with Crippen LogP contribution >= 0.6 is 23.1 Å². The molecule has 0 aliphatic heterocycles. The molecule has 1 aliphatic rings. The lowest BCUT2D eigenvalue weighted by atomic mass is 9.94. The summed E-state index contributed by atoms with van der Waals surface area (Å²) in [6.45, 7) is 1.76. The number of rotatable bonds is 4. The molecule has 1 aliphatic carbocycles. The Hall–Kier alpha value is -2.07. The molecule has 0 atom stereocenters. The maximum Gasteiger partial charge on any atom is 0.237 e. The number of amides is 1. The summed E-state index contributed by atoms with van der Waals surface area (Å²) in [5.74, 6) is 0.224. The van der Waals surface area contributed by atoms with Crippen molar-refractivity contribution in [2.24, 2.45) is 0 Å². The summed E-state index contributed by atoms with van der Waals surface area (Å²) < 4.78 is 0.630. The second-order valence-electron chi connectivity index (χ2n) is 4.97. The van der Waals surface area contributed by atoms with E-state index in [9.17, 15) is 9.59 Å². The molecular formula is C13H14N6O2S2. The van der Waals surface area contributed by atoms with Crippen molar-refractivity contribution in [2.75, 3.05) is 16.8 Å². The van der Waals surface area contributed by atoms with Crippen LogP contribution in [0.2, 0.25) is 0 Å². The van der Waals surface area contributed by atoms with Crippen molar-refractivity contribution in [3.05, 3.63) is 17.0 Å². The summed E-state index contributed by atoms with van der Waals surface area (Å²) in [6, 6.07) is 0. The average molecular weight is 350 g/mol. The third kappa shape index (κ3) is 3.64. The molecule has 2 aromatic heterocycles. The zero-order chi connectivity index (χ0) is 16.4. The number of Topliss-reactive ketones (excluding diaryl/α,β-unsaturated/α-hetero) is 1. The molecular weight excluding hydrogens is 336 g/mol. The molecule has 0 saturated heterocycles. The molecule has 0 saturated carbocycles. The number of thioether (sulfide) groups is 1. The topological polar surface area (TPSA) is 124 Å². The molecule has 0 radical (unpaired) electrons. The van der Waals surface area contributed by atoms with Gasteiger partial charge in [0.05, 0.1) is 22.7 Å². The number of aryl methyl sites for hydroxylation is 2. The number of nitrogens with one attached hydrogen (secondary N) is 1. The first-order valence-corrected chi connectivity index (χ1v) is 8.75. The number of carbonyl (C=O) groups excluding carboxylic acids is 2. The van der Waals surface area contributed by atoms with Crippen LogP contribution in [0, 0.1) is 6.92 Å². The molecule has 3 N–H and O–H groups in total. The molecule has 3 rings (SSSR count). The van der Waals surface area contributed by atoms with Crippen LogP contribution in [0.5, 0.6) is 0 Å². The van der Waals surface area contributed by atoms with E-state index in [1.54, 1.807) is 6.92 Å². The summed E-state index contributed by atoms with van der Waals surface area (Å²) in [5.41, 5.74) is 7.42. The Labute approximate surface area is 140 Å². The second kappa shape index (κ2) is 6.59. The van der Waals surface area contributed by atoms with Gasteiger partial charge in [-0.25, -0.2) is 9.97 Å². The fraction of sp³-hybridized carbons (Fsp3) is 0.385. The Morgan fingerprint density at radius 3 is 2.91 bits per heavy atom. The lowest BCUT2D eigenvalue weighted by molar-refractivity contribution is -0.113. The number of aromatic nitrogens is 4. The predicted octanol–water partition coefficient (Wildman–Crippen LogP) is 1.47. The number of hydrogen-bond donors (Lipinski definition) is 2. The highest BCUT2D eigenvalue weighted by Gasteiger charge is 2.22.